The van der Waals surface area contributed by atoms with Gasteiger partial charge in [-0.15, -0.1) is 0 Å². The van der Waals surface area contributed by atoms with Crippen molar-refractivity contribution in [3.05, 3.63) is 34.9 Å². The highest BCUT2D eigenvalue weighted by Crippen LogP contribution is 2.43. The third-order valence-electron chi connectivity index (χ3n) is 12.3. The summed E-state index contributed by atoms with van der Waals surface area (Å²) < 4.78 is 67.7. The molecule has 2 N–H and O–H groups in total. The molecule has 11 nitrogen and oxygen atoms in total. The van der Waals surface area contributed by atoms with E-state index >= 15 is 0 Å². The Hall–Kier alpha value is -2.51. The van der Waals surface area contributed by atoms with Crippen molar-refractivity contribution in [3.63, 3.8) is 0 Å². The minimum Gasteiger partial charge on any atom is -0.469 e. The largest absolute Gasteiger partial charge is 0.469 e. The number of carbonyl (C=O) groups excluding carboxylic acids is 3. The number of alkyl carbamates (subject to hydrolysis) is 1. The number of esters is 1. The lowest BCUT2D eigenvalue weighted by Crippen LogP contribution is -2.48. The predicted molar refractivity (Wildman–Crippen MR) is 237 cm³/mol. The summed E-state index contributed by atoms with van der Waals surface area (Å²) in [5.41, 5.74) is -0.981. The Morgan fingerprint density at radius 3 is 1.97 bits per heavy atom. The van der Waals surface area contributed by atoms with Crippen molar-refractivity contribution in [2.24, 2.45) is 10.8 Å². The number of nitrogens with zero attached hydrogens (tertiary/aromatic N) is 1. The maximum Gasteiger partial charge on any atom is 0.416 e. The van der Waals surface area contributed by atoms with Gasteiger partial charge in [-0.25, -0.2) is 4.79 Å². The van der Waals surface area contributed by atoms with Gasteiger partial charge < -0.3 is 39.2 Å². The topological polar surface area (TPSA) is 125 Å². The molecule has 0 spiro atoms. The summed E-state index contributed by atoms with van der Waals surface area (Å²) in [6.07, 6.45) is 1.94. The zero-order chi connectivity index (χ0) is 45.3. The van der Waals surface area contributed by atoms with Crippen molar-refractivity contribution >= 4 is 34.1 Å². The normalized spacial score (nSPS) is 25.0. The van der Waals surface area contributed by atoms with Gasteiger partial charge in [0.05, 0.1) is 36.7 Å². The first-order chi connectivity index (χ1) is 28.3. The molecule has 1 aromatic carbocycles. The summed E-state index contributed by atoms with van der Waals surface area (Å²) in [6.45, 7) is 23.6. The zero-order valence-corrected chi connectivity index (χ0v) is 40.7. The third-order valence-corrected chi connectivity index (χ3v) is 15.7. The molecular formula is C45H76F3N3O8Si2. The lowest BCUT2D eigenvalue weighted by molar-refractivity contribution is -0.156. The molecule has 2 heterocycles. The average molecular weight is 900 g/mol. The van der Waals surface area contributed by atoms with Gasteiger partial charge in [-0.05, 0) is 114 Å². The van der Waals surface area contributed by atoms with E-state index in [1.54, 1.807) is 11.0 Å². The number of fused-ring (bicyclic) bond motifs is 1. The van der Waals surface area contributed by atoms with Gasteiger partial charge in [-0.3, -0.25) is 9.59 Å². The van der Waals surface area contributed by atoms with Gasteiger partial charge in [0.1, 0.15) is 5.60 Å². The van der Waals surface area contributed by atoms with E-state index in [1.807, 2.05) is 20.8 Å². The number of ether oxygens (including phenoxy) is 5. The first kappa shape index (κ1) is 51.1. The molecule has 0 aromatic heterocycles. The molecule has 4 aliphatic rings. The lowest BCUT2D eigenvalue weighted by atomic mass is 9.84. The number of carbonyl (C=O) groups is 3. The molecule has 5 rings (SSSR count). The number of nitrogens with one attached hydrogen (secondary N) is 2. The molecule has 61 heavy (non-hydrogen) atoms. The number of hydrogen-bond acceptors (Lipinski definition) is 9. The van der Waals surface area contributed by atoms with Crippen molar-refractivity contribution < 1.29 is 51.2 Å². The second-order valence-electron chi connectivity index (χ2n) is 21.3. The smallest absolute Gasteiger partial charge is 0.416 e. The van der Waals surface area contributed by atoms with Crippen molar-refractivity contribution in [2.75, 3.05) is 53.3 Å². The van der Waals surface area contributed by atoms with E-state index in [0.717, 1.165) is 62.6 Å². The van der Waals surface area contributed by atoms with E-state index in [9.17, 15) is 27.6 Å². The fourth-order valence-corrected chi connectivity index (χ4v) is 10.2. The van der Waals surface area contributed by atoms with Crippen LogP contribution in [0.15, 0.2) is 18.2 Å². The van der Waals surface area contributed by atoms with Crippen LogP contribution < -0.4 is 10.6 Å². The maximum atomic E-state index is 14.0. The zero-order valence-electron chi connectivity index (χ0n) is 38.7. The molecule has 2 aliphatic heterocycles. The third kappa shape index (κ3) is 16.2. The Balaban J connectivity index is 0.000000289. The van der Waals surface area contributed by atoms with Crippen LogP contribution in [0.3, 0.4) is 0 Å². The Morgan fingerprint density at radius 1 is 0.820 bits per heavy atom. The maximum absolute atomic E-state index is 14.0. The van der Waals surface area contributed by atoms with Gasteiger partial charge >= 0.3 is 18.2 Å². The van der Waals surface area contributed by atoms with E-state index in [0.29, 0.717) is 76.7 Å². The van der Waals surface area contributed by atoms with Crippen LogP contribution in [0, 0.1) is 10.8 Å². The summed E-state index contributed by atoms with van der Waals surface area (Å²) >= 11 is 0. The monoisotopic (exact) mass is 900 g/mol. The number of amides is 2. The van der Waals surface area contributed by atoms with E-state index in [4.69, 9.17) is 23.7 Å². The number of methoxy groups -OCH3 is 1. The Kier molecular flexibility index (Phi) is 18.0. The predicted octanol–water partition coefficient (Wildman–Crippen LogP) is 8.83. The minimum atomic E-state index is -4.39. The van der Waals surface area contributed by atoms with Crippen LogP contribution in [0.1, 0.15) is 88.8 Å². The molecule has 16 heteroatoms. The standard InChI is InChI=1S/C27H41F3N2O3Si.C18H35NO5Si/c1-36(2,3)15-14-35-19-26(10-6-24(17-26)31-23-8-12-34-13-9-23)25(33)32-11-7-20-4-5-22(27(28,29)30)16-21(20)18-32;1-17(2,3)24-16(21)19-14-8-9-18(12-14,15(20)22-4)13-23-10-11-25(5,6)7/h4-5,16,23-24,31H,6-15,17-19H2,1-3H3;14H,8-13H2,1-7H3,(H,19,21)/t24-,26+;14-,18?/m11/s1. The summed E-state index contributed by atoms with van der Waals surface area (Å²) in [5, 5.41) is 6.63. The van der Waals surface area contributed by atoms with Crippen molar-refractivity contribution in [3.8, 4) is 0 Å². The number of rotatable bonds is 15. The summed E-state index contributed by atoms with van der Waals surface area (Å²) in [7, 11) is -1.02. The highest BCUT2D eigenvalue weighted by molar-refractivity contribution is 6.76. The fraction of sp³-hybridized carbons (Fsp3) is 0.800. The van der Waals surface area contributed by atoms with Crippen LogP contribution in [-0.4, -0.2) is 116 Å². The first-order valence-corrected chi connectivity index (χ1v) is 29.8. The van der Waals surface area contributed by atoms with Crippen LogP contribution in [0.4, 0.5) is 18.0 Å². The van der Waals surface area contributed by atoms with Crippen LogP contribution in [0.25, 0.3) is 0 Å². The molecule has 0 radical (unpaired) electrons. The van der Waals surface area contributed by atoms with Crippen LogP contribution >= 0.6 is 0 Å². The number of halogens is 3. The van der Waals surface area contributed by atoms with Crippen LogP contribution in [0.5, 0.6) is 0 Å². The minimum absolute atomic E-state index is 0.0369. The van der Waals surface area contributed by atoms with Gasteiger partial charge in [0.25, 0.3) is 0 Å². The first-order valence-electron chi connectivity index (χ1n) is 22.4. The number of alkyl halides is 3. The van der Waals surface area contributed by atoms with Crippen LogP contribution in [-0.2, 0) is 52.4 Å². The van der Waals surface area contributed by atoms with Crippen molar-refractivity contribution in [2.45, 2.75) is 166 Å². The molecule has 1 saturated heterocycles. The Bertz CT molecular complexity index is 1610. The molecule has 2 saturated carbocycles. The van der Waals surface area contributed by atoms with Crippen molar-refractivity contribution in [1.82, 2.24) is 15.5 Å². The average Bonchev–Trinajstić information content (AvgIpc) is 3.77. The van der Waals surface area contributed by atoms with Gasteiger partial charge in [-0.2, -0.15) is 13.2 Å². The number of benzene rings is 1. The van der Waals surface area contributed by atoms with Crippen molar-refractivity contribution in [1.29, 1.82) is 0 Å². The van der Waals surface area contributed by atoms with E-state index in [2.05, 4.69) is 49.9 Å². The second kappa shape index (κ2) is 21.4. The molecule has 1 unspecified atom stereocenters. The Morgan fingerprint density at radius 2 is 1.39 bits per heavy atom. The highest BCUT2D eigenvalue weighted by atomic mass is 28.3. The Labute approximate surface area is 365 Å². The fourth-order valence-electron chi connectivity index (χ4n) is 8.70. The SMILES string of the molecule is COC(=O)C1(COCC[Si](C)(C)C)CC[C@@H](NC(=O)OC(C)(C)C)C1.C[Si](C)(C)CCOC[C@]1(C(=O)N2CCc3ccc(C(F)(F)F)cc3C2)CC[C@@H](NC2CCOCC2)C1. The van der Waals surface area contributed by atoms with E-state index < -0.39 is 50.4 Å². The van der Waals surface area contributed by atoms with E-state index in [-0.39, 0.29) is 30.5 Å². The molecular weight excluding hydrogens is 824 g/mol. The molecule has 3 fully saturated rings. The lowest BCUT2D eigenvalue weighted by Gasteiger charge is -2.37. The van der Waals surface area contributed by atoms with Gasteiger partial charge in [-0.1, -0.05) is 45.3 Å². The van der Waals surface area contributed by atoms with Crippen LogP contribution in [0.2, 0.25) is 51.4 Å². The highest BCUT2D eigenvalue weighted by Gasteiger charge is 2.49. The summed E-state index contributed by atoms with van der Waals surface area (Å²) in [4.78, 5) is 40.1. The molecule has 4 atom stereocenters. The molecule has 0 bridgehead atoms. The second-order valence-corrected chi connectivity index (χ2v) is 32.6. The number of hydrogen-bond donors (Lipinski definition) is 2. The molecule has 1 aromatic rings. The molecule has 2 amide bonds. The van der Waals surface area contributed by atoms with Gasteiger partial charge in [0.15, 0.2) is 0 Å². The summed E-state index contributed by atoms with van der Waals surface area (Å²) in [6, 6.07) is 6.58. The van der Waals surface area contributed by atoms with Gasteiger partial charge in [0.2, 0.25) is 5.91 Å². The summed E-state index contributed by atoms with van der Waals surface area (Å²) in [5.74, 6) is -0.219. The molecule has 2 aliphatic carbocycles. The van der Waals surface area contributed by atoms with Gasteiger partial charge in [0, 0.05) is 73.8 Å². The van der Waals surface area contributed by atoms with E-state index in [1.165, 1.54) is 13.2 Å². The quantitative estimate of drug-likeness (QED) is 0.101. The molecule has 348 valence electrons.